The summed E-state index contributed by atoms with van der Waals surface area (Å²) in [6, 6.07) is 8.28. The van der Waals surface area contributed by atoms with Crippen LogP contribution in [0.1, 0.15) is 31.9 Å². The molecule has 2 nitrogen and oxygen atoms in total. The summed E-state index contributed by atoms with van der Waals surface area (Å²) in [4.78, 5) is 0. The Bertz CT molecular complexity index is 642. The van der Waals surface area contributed by atoms with E-state index in [1.165, 1.54) is 17.4 Å². The van der Waals surface area contributed by atoms with Gasteiger partial charge in [0.05, 0.1) is 10.5 Å². The SMILES string of the molecule is CC(C)(C)S(=O)N=C(c1ccsc1)c1ccccc1F. The van der Waals surface area contributed by atoms with E-state index in [-0.39, 0.29) is 5.82 Å². The molecule has 0 spiro atoms. The molecular weight excluding hydrogens is 293 g/mol. The Balaban J connectivity index is 2.56. The topological polar surface area (TPSA) is 29.4 Å². The first-order valence-corrected chi connectivity index (χ1v) is 8.22. The van der Waals surface area contributed by atoms with Crippen molar-refractivity contribution in [2.75, 3.05) is 0 Å². The molecule has 2 rings (SSSR count). The van der Waals surface area contributed by atoms with Gasteiger partial charge in [-0.2, -0.15) is 15.7 Å². The Labute approximate surface area is 125 Å². The van der Waals surface area contributed by atoms with Crippen LogP contribution < -0.4 is 0 Å². The maximum atomic E-state index is 14.0. The monoisotopic (exact) mass is 309 g/mol. The molecule has 20 heavy (non-hydrogen) atoms. The zero-order valence-corrected chi connectivity index (χ0v) is 13.2. The maximum absolute atomic E-state index is 14.0. The average molecular weight is 309 g/mol. The number of benzene rings is 1. The summed E-state index contributed by atoms with van der Waals surface area (Å²) >= 11 is 1.50. The van der Waals surface area contributed by atoms with Crippen molar-refractivity contribution in [3.8, 4) is 0 Å². The number of hydrogen-bond acceptors (Lipinski definition) is 2. The van der Waals surface area contributed by atoms with Crippen LogP contribution in [0, 0.1) is 5.82 Å². The molecule has 5 heteroatoms. The summed E-state index contributed by atoms with van der Waals surface area (Å²) in [5.41, 5.74) is 1.61. The summed E-state index contributed by atoms with van der Waals surface area (Å²) in [5, 5.41) is 3.77. The lowest BCUT2D eigenvalue weighted by molar-refractivity contribution is 0.625. The molecule has 1 aromatic carbocycles. The zero-order chi connectivity index (χ0) is 14.8. The van der Waals surface area contributed by atoms with Gasteiger partial charge in [-0.25, -0.2) is 8.60 Å². The Hall–Kier alpha value is -1.33. The van der Waals surface area contributed by atoms with Crippen LogP contribution in [0.3, 0.4) is 0 Å². The molecule has 0 radical (unpaired) electrons. The third-order valence-corrected chi connectivity index (χ3v) is 4.70. The standard InChI is InChI=1S/C15H16FNOS2/c1-15(2,3)20(18)17-14(11-8-9-19-10-11)12-6-4-5-7-13(12)16/h4-10H,1-3H3. The average Bonchev–Trinajstić information content (AvgIpc) is 2.89. The third kappa shape index (κ3) is 3.41. The lowest BCUT2D eigenvalue weighted by Gasteiger charge is -2.15. The summed E-state index contributed by atoms with van der Waals surface area (Å²) in [5.74, 6) is -0.358. The fourth-order valence-corrected chi connectivity index (χ4v) is 2.81. The lowest BCUT2D eigenvalue weighted by Crippen LogP contribution is -2.21. The van der Waals surface area contributed by atoms with Gasteiger partial charge in [-0.05, 0) is 44.4 Å². The highest BCUT2D eigenvalue weighted by Gasteiger charge is 2.21. The molecule has 1 unspecified atom stereocenters. The minimum absolute atomic E-state index is 0.358. The van der Waals surface area contributed by atoms with E-state index in [0.29, 0.717) is 11.3 Å². The first-order valence-electron chi connectivity index (χ1n) is 6.18. The lowest BCUT2D eigenvalue weighted by atomic mass is 10.1. The minimum Gasteiger partial charge on any atom is -0.234 e. The van der Waals surface area contributed by atoms with Crippen LogP contribution in [-0.2, 0) is 11.0 Å². The molecule has 0 fully saturated rings. The van der Waals surface area contributed by atoms with Gasteiger partial charge in [0.1, 0.15) is 16.8 Å². The van der Waals surface area contributed by atoms with Gasteiger partial charge in [0.15, 0.2) is 0 Å². The van der Waals surface area contributed by atoms with Crippen LogP contribution in [0.4, 0.5) is 4.39 Å². The van der Waals surface area contributed by atoms with E-state index < -0.39 is 15.7 Å². The highest BCUT2D eigenvalue weighted by Crippen LogP contribution is 2.20. The molecule has 1 aromatic heterocycles. The van der Waals surface area contributed by atoms with E-state index in [9.17, 15) is 8.60 Å². The number of hydrogen-bond donors (Lipinski definition) is 0. The second kappa shape index (κ2) is 5.97. The fraction of sp³-hybridized carbons (Fsp3) is 0.267. The van der Waals surface area contributed by atoms with Crippen molar-refractivity contribution >= 4 is 28.0 Å². The van der Waals surface area contributed by atoms with Crippen molar-refractivity contribution in [3.05, 3.63) is 58.0 Å². The molecule has 1 atom stereocenters. The van der Waals surface area contributed by atoms with Crippen molar-refractivity contribution in [1.82, 2.24) is 0 Å². The smallest absolute Gasteiger partial charge is 0.145 e. The number of thiophene rings is 1. The predicted octanol–water partition coefficient (Wildman–Crippen LogP) is 4.19. The molecule has 0 aliphatic carbocycles. The second-order valence-electron chi connectivity index (χ2n) is 5.29. The van der Waals surface area contributed by atoms with Crippen LogP contribution in [0.15, 0.2) is 45.5 Å². The van der Waals surface area contributed by atoms with Crippen molar-refractivity contribution in [1.29, 1.82) is 0 Å². The van der Waals surface area contributed by atoms with Gasteiger partial charge in [0.2, 0.25) is 0 Å². The quantitative estimate of drug-likeness (QED) is 0.782. The number of rotatable bonds is 3. The highest BCUT2D eigenvalue weighted by molar-refractivity contribution is 7.85. The first kappa shape index (κ1) is 15.1. The Morgan fingerprint density at radius 3 is 2.50 bits per heavy atom. The Morgan fingerprint density at radius 2 is 1.95 bits per heavy atom. The van der Waals surface area contributed by atoms with Crippen molar-refractivity contribution in [3.63, 3.8) is 0 Å². The third-order valence-electron chi connectivity index (χ3n) is 2.62. The molecule has 1 heterocycles. The van der Waals surface area contributed by atoms with E-state index >= 15 is 0 Å². The van der Waals surface area contributed by atoms with E-state index in [0.717, 1.165) is 5.56 Å². The van der Waals surface area contributed by atoms with Gasteiger partial charge in [-0.3, -0.25) is 0 Å². The van der Waals surface area contributed by atoms with Crippen LogP contribution in [0.2, 0.25) is 0 Å². The summed E-state index contributed by atoms with van der Waals surface area (Å²) < 4.78 is 30.1. The summed E-state index contributed by atoms with van der Waals surface area (Å²) in [7, 11) is -1.43. The van der Waals surface area contributed by atoms with Crippen molar-refractivity contribution in [2.45, 2.75) is 25.5 Å². The zero-order valence-electron chi connectivity index (χ0n) is 11.6. The van der Waals surface area contributed by atoms with Gasteiger partial charge in [0.25, 0.3) is 0 Å². The fourth-order valence-electron chi connectivity index (χ4n) is 1.53. The predicted molar refractivity (Wildman–Crippen MR) is 84.3 cm³/mol. The normalized spacial score (nSPS) is 14.3. The van der Waals surface area contributed by atoms with E-state index in [2.05, 4.69) is 4.40 Å². The van der Waals surface area contributed by atoms with Crippen LogP contribution >= 0.6 is 11.3 Å². The molecule has 106 valence electrons. The van der Waals surface area contributed by atoms with E-state index in [1.807, 2.05) is 37.6 Å². The van der Waals surface area contributed by atoms with Crippen LogP contribution in [0.25, 0.3) is 0 Å². The van der Waals surface area contributed by atoms with Gasteiger partial charge >= 0.3 is 0 Å². The number of halogens is 1. The molecule has 0 aliphatic heterocycles. The Kier molecular flexibility index (Phi) is 4.50. The van der Waals surface area contributed by atoms with Gasteiger partial charge in [-0.15, -0.1) is 0 Å². The van der Waals surface area contributed by atoms with Crippen molar-refractivity contribution in [2.24, 2.45) is 4.40 Å². The van der Waals surface area contributed by atoms with E-state index in [1.54, 1.807) is 18.2 Å². The highest BCUT2D eigenvalue weighted by atomic mass is 32.2. The molecule has 0 N–H and O–H groups in total. The largest absolute Gasteiger partial charge is 0.234 e. The first-order chi connectivity index (χ1) is 9.39. The molecular formula is C15H16FNOS2. The van der Waals surface area contributed by atoms with Gasteiger partial charge < -0.3 is 0 Å². The molecule has 2 aromatic rings. The van der Waals surface area contributed by atoms with Crippen molar-refractivity contribution < 1.29 is 8.60 Å². The molecule has 0 bridgehead atoms. The second-order valence-corrected chi connectivity index (χ2v) is 7.98. The van der Waals surface area contributed by atoms with Gasteiger partial charge in [0, 0.05) is 16.5 Å². The molecule has 0 aliphatic rings. The minimum atomic E-state index is -1.43. The molecule has 0 amide bonds. The molecule has 0 saturated carbocycles. The molecule has 0 saturated heterocycles. The van der Waals surface area contributed by atoms with E-state index in [4.69, 9.17) is 0 Å². The number of nitrogens with zero attached hydrogens (tertiary/aromatic N) is 1. The van der Waals surface area contributed by atoms with Crippen LogP contribution in [0.5, 0.6) is 0 Å². The summed E-state index contributed by atoms with van der Waals surface area (Å²) in [6.45, 7) is 5.54. The maximum Gasteiger partial charge on any atom is 0.145 e. The van der Waals surface area contributed by atoms with Gasteiger partial charge in [-0.1, -0.05) is 12.1 Å². The van der Waals surface area contributed by atoms with Crippen LogP contribution in [-0.4, -0.2) is 14.7 Å². The Morgan fingerprint density at radius 1 is 1.25 bits per heavy atom. The summed E-state index contributed by atoms with van der Waals surface area (Å²) in [6.07, 6.45) is 0.